The Labute approximate surface area is 142 Å². The average molecular weight is 327 g/mol. The Morgan fingerprint density at radius 2 is 2.00 bits per heavy atom. The molecule has 1 aromatic heterocycles. The molecule has 1 aliphatic heterocycles. The zero-order valence-corrected chi connectivity index (χ0v) is 14.4. The lowest BCUT2D eigenvalue weighted by Gasteiger charge is -2.28. The van der Waals surface area contributed by atoms with Gasteiger partial charge in [0.05, 0.1) is 6.04 Å². The van der Waals surface area contributed by atoms with Crippen molar-refractivity contribution in [2.75, 3.05) is 7.05 Å². The fourth-order valence-corrected chi connectivity index (χ4v) is 3.59. The first-order chi connectivity index (χ1) is 11.5. The van der Waals surface area contributed by atoms with Gasteiger partial charge >= 0.3 is 0 Å². The Balaban J connectivity index is 1.76. The van der Waals surface area contributed by atoms with Crippen molar-refractivity contribution in [1.29, 1.82) is 0 Å². The first-order valence-corrected chi connectivity index (χ1v) is 8.32. The Bertz CT molecular complexity index is 719. The van der Waals surface area contributed by atoms with E-state index < -0.39 is 6.04 Å². The van der Waals surface area contributed by atoms with Gasteiger partial charge in [0.2, 0.25) is 5.91 Å². The highest BCUT2D eigenvalue weighted by Crippen LogP contribution is 2.21. The number of rotatable bonds is 4. The molecule has 1 saturated heterocycles. The fraction of sp³-hybridized carbons (Fsp3) is 0.444. The summed E-state index contributed by atoms with van der Waals surface area (Å²) in [4.78, 5) is 18.7. The second-order valence-corrected chi connectivity index (χ2v) is 6.68. The molecule has 24 heavy (non-hydrogen) atoms. The number of hydrogen-bond acceptors (Lipinski definition) is 5. The van der Waals surface area contributed by atoms with Crippen molar-refractivity contribution in [1.82, 2.24) is 20.7 Å². The van der Waals surface area contributed by atoms with Crippen molar-refractivity contribution < 1.29 is 4.79 Å². The molecule has 0 bridgehead atoms. The maximum atomic E-state index is 12.8. The molecular weight excluding hydrogens is 302 g/mol. The van der Waals surface area contributed by atoms with Crippen molar-refractivity contribution >= 4 is 16.7 Å². The van der Waals surface area contributed by atoms with Crippen LogP contribution in [0, 0.1) is 5.92 Å². The van der Waals surface area contributed by atoms with E-state index in [1.165, 1.54) is 0 Å². The summed E-state index contributed by atoms with van der Waals surface area (Å²) < 4.78 is 0. The number of benzene rings is 1. The molecule has 2 heterocycles. The van der Waals surface area contributed by atoms with Crippen LogP contribution in [-0.2, 0) is 11.3 Å². The smallest absolute Gasteiger partial charge is 0.239 e. The minimum atomic E-state index is -0.529. The molecule has 0 spiro atoms. The van der Waals surface area contributed by atoms with Gasteiger partial charge in [-0.05, 0) is 30.9 Å². The number of nitrogens with one attached hydrogen (secondary N) is 2. The third-order valence-electron chi connectivity index (χ3n) is 4.95. The van der Waals surface area contributed by atoms with Gasteiger partial charge < -0.3 is 10.6 Å². The van der Waals surface area contributed by atoms with Crippen LogP contribution >= 0.6 is 0 Å². The molecule has 3 atom stereocenters. The minimum absolute atomic E-state index is 0.0322. The van der Waals surface area contributed by atoms with Gasteiger partial charge in [0.25, 0.3) is 0 Å². The molecule has 0 aliphatic carbocycles. The molecule has 1 fully saturated rings. The quantitative estimate of drug-likeness (QED) is 0.781. The third kappa shape index (κ3) is 3.13. The highest BCUT2D eigenvalue weighted by Gasteiger charge is 2.38. The van der Waals surface area contributed by atoms with Crippen LogP contribution in [0.4, 0.5) is 0 Å². The van der Waals surface area contributed by atoms with Crippen molar-refractivity contribution in [2.24, 2.45) is 11.7 Å². The number of hydrogen-bond donors (Lipinski definition) is 3. The molecule has 3 rings (SSSR count). The number of hydrazine groups is 1. The molecule has 128 valence electrons. The van der Waals surface area contributed by atoms with Crippen LogP contribution in [0.25, 0.3) is 10.8 Å². The number of carbonyl (C=O) groups excluding carboxylic acids is 1. The van der Waals surface area contributed by atoms with Gasteiger partial charge in [0.1, 0.15) is 0 Å². The van der Waals surface area contributed by atoms with Crippen LogP contribution in [0.15, 0.2) is 36.7 Å². The van der Waals surface area contributed by atoms with E-state index in [2.05, 4.69) is 15.8 Å². The number of pyridine rings is 1. The lowest BCUT2D eigenvalue weighted by Crippen LogP contribution is -2.51. The average Bonchev–Trinajstić information content (AvgIpc) is 2.92. The first-order valence-electron chi connectivity index (χ1n) is 8.32. The normalized spacial score (nSPS) is 24.9. The lowest BCUT2D eigenvalue weighted by molar-refractivity contribution is -0.133. The van der Waals surface area contributed by atoms with Crippen LogP contribution in [-0.4, -0.2) is 41.0 Å². The predicted molar refractivity (Wildman–Crippen MR) is 94.9 cm³/mol. The van der Waals surface area contributed by atoms with E-state index in [1.807, 2.05) is 51.4 Å². The standard InChI is InChI=1S/C18H25N5O/c1-11-16(12(2)22-21-11)17(19)18(24)23(3)10-14-6-4-5-13-9-20-8-7-15(13)14/h4-9,11-12,16-17,21-22H,10,19H2,1-3H3. The topological polar surface area (TPSA) is 83.3 Å². The number of likely N-dealkylation sites (N-methyl/N-ethyl adjacent to an activating group) is 1. The van der Waals surface area contributed by atoms with Crippen molar-refractivity contribution in [3.05, 3.63) is 42.2 Å². The largest absolute Gasteiger partial charge is 0.340 e. The van der Waals surface area contributed by atoms with Crippen LogP contribution in [0.5, 0.6) is 0 Å². The summed E-state index contributed by atoms with van der Waals surface area (Å²) in [5, 5.41) is 2.19. The highest BCUT2D eigenvalue weighted by atomic mass is 16.2. The predicted octanol–water partition coefficient (Wildman–Crippen LogP) is 1.02. The molecule has 2 aromatic rings. The summed E-state index contributed by atoms with van der Waals surface area (Å²) in [6, 6.07) is 7.84. The van der Waals surface area contributed by atoms with Crippen LogP contribution in [0.2, 0.25) is 0 Å². The zero-order valence-electron chi connectivity index (χ0n) is 14.4. The van der Waals surface area contributed by atoms with E-state index >= 15 is 0 Å². The molecule has 3 unspecified atom stereocenters. The minimum Gasteiger partial charge on any atom is -0.340 e. The number of nitrogens with zero attached hydrogens (tertiary/aromatic N) is 2. The number of carbonyl (C=O) groups is 1. The maximum Gasteiger partial charge on any atom is 0.239 e. The SMILES string of the molecule is CC1NNC(C)C1C(N)C(=O)N(C)Cc1cccc2cnccc12. The summed E-state index contributed by atoms with van der Waals surface area (Å²) in [5.74, 6) is 0.0342. The summed E-state index contributed by atoms with van der Waals surface area (Å²) in [5.41, 5.74) is 13.7. The number of amides is 1. The molecule has 1 amide bonds. The van der Waals surface area contributed by atoms with E-state index in [9.17, 15) is 4.79 Å². The highest BCUT2D eigenvalue weighted by molar-refractivity contribution is 5.86. The van der Waals surface area contributed by atoms with E-state index in [-0.39, 0.29) is 23.9 Å². The van der Waals surface area contributed by atoms with E-state index in [0.29, 0.717) is 6.54 Å². The summed E-state index contributed by atoms with van der Waals surface area (Å²) in [6.45, 7) is 4.63. The Morgan fingerprint density at radius 1 is 1.29 bits per heavy atom. The van der Waals surface area contributed by atoms with Gasteiger partial charge in [-0.3, -0.25) is 20.6 Å². The van der Waals surface area contributed by atoms with Gasteiger partial charge in [-0.25, -0.2) is 0 Å². The fourth-order valence-electron chi connectivity index (χ4n) is 3.59. The number of nitrogens with two attached hydrogens (primary N) is 1. The van der Waals surface area contributed by atoms with Crippen LogP contribution in [0.1, 0.15) is 19.4 Å². The third-order valence-corrected chi connectivity index (χ3v) is 4.95. The van der Waals surface area contributed by atoms with E-state index in [0.717, 1.165) is 16.3 Å². The van der Waals surface area contributed by atoms with Crippen molar-refractivity contribution in [3.63, 3.8) is 0 Å². The van der Waals surface area contributed by atoms with Gasteiger partial charge in [-0.1, -0.05) is 18.2 Å². The number of fused-ring (bicyclic) bond motifs is 1. The monoisotopic (exact) mass is 327 g/mol. The molecule has 6 nitrogen and oxygen atoms in total. The van der Waals surface area contributed by atoms with Crippen molar-refractivity contribution in [3.8, 4) is 0 Å². The molecule has 1 aliphatic rings. The van der Waals surface area contributed by atoms with E-state index in [1.54, 1.807) is 11.1 Å². The molecule has 0 radical (unpaired) electrons. The molecular formula is C18H25N5O. The molecule has 1 aromatic carbocycles. The summed E-state index contributed by atoms with van der Waals surface area (Å²) >= 11 is 0. The first kappa shape index (κ1) is 16.8. The van der Waals surface area contributed by atoms with Gasteiger partial charge in [0.15, 0.2) is 0 Å². The summed E-state index contributed by atoms with van der Waals surface area (Å²) in [7, 11) is 1.81. The Kier molecular flexibility index (Phi) is 4.80. The van der Waals surface area contributed by atoms with E-state index in [4.69, 9.17) is 5.73 Å². The molecule has 4 N–H and O–H groups in total. The van der Waals surface area contributed by atoms with Gasteiger partial charge in [-0.2, -0.15) is 0 Å². The zero-order chi connectivity index (χ0) is 17.3. The Hall–Kier alpha value is -2.02. The Morgan fingerprint density at radius 3 is 2.71 bits per heavy atom. The van der Waals surface area contributed by atoms with Crippen LogP contribution < -0.4 is 16.6 Å². The summed E-state index contributed by atoms with van der Waals surface area (Å²) in [6.07, 6.45) is 3.62. The second kappa shape index (κ2) is 6.84. The van der Waals surface area contributed by atoms with Gasteiger partial charge in [-0.15, -0.1) is 0 Å². The maximum absolute atomic E-state index is 12.8. The van der Waals surface area contributed by atoms with Crippen molar-refractivity contribution in [2.45, 2.75) is 38.5 Å². The molecule has 0 saturated carbocycles. The van der Waals surface area contributed by atoms with Gasteiger partial charge in [0, 0.05) is 49.4 Å². The second-order valence-electron chi connectivity index (χ2n) is 6.68. The number of aromatic nitrogens is 1. The van der Waals surface area contributed by atoms with Crippen LogP contribution in [0.3, 0.4) is 0 Å². The lowest BCUT2D eigenvalue weighted by atomic mass is 9.88. The molecule has 6 heteroatoms.